The van der Waals surface area contributed by atoms with Crippen LogP contribution in [0.1, 0.15) is 42.4 Å². The largest absolute Gasteiger partial charge is 0.357 e. The molecule has 0 spiro atoms. The van der Waals surface area contributed by atoms with Gasteiger partial charge < -0.3 is 10.6 Å². The first-order valence-electron chi connectivity index (χ1n) is 9.06. The molecule has 3 rings (SSSR count). The van der Waals surface area contributed by atoms with E-state index in [9.17, 15) is 0 Å². The van der Waals surface area contributed by atoms with Crippen LogP contribution in [0, 0.1) is 12.8 Å². The third kappa shape index (κ3) is 6.88. The molecular weight excluding hydrogens is 431 g/mol. The van der Waals surface area contributed by atoms with Crippen LogP contribution >= 0.6 is 35.3 Å². The second-order valence-electron chi connectivity index (χ2n) is 6.80. The number of hydrogen-bond acceptors (Lipinski definition) is 3. The van der Waals surface area contributed by atoms with E-state index < -0.39 is 0 Å². The maximum atomic E-state index is 4.71. The fourth-order valence-corrected chi connectivity index (χ4v) is 3.70. The molecule has 0 radical (unpaired) electrons. The van der Waals surface area contributed by atoms with E-state index in [1.54, 1.807) is 0 Å². The van der Waals surface area contributed by atoms with Gasteiger partial charge in [-0.3, -0.25) is 4.90 Å². The summed E-state index contributed by atoms with van der Waals surface area (Å²) in [5, 5.41) is 6.86. The fraction of sp³-hybridized carbons (Fsp3) is 0.722. The molecular formula is C18H31IN4S. The summed E-state index contributed by atoms with van der Waals surface area (Å²) in [6, 6.07) is 5.21. The number of guanidine groups is 1. The zero-order chi connectivity index (χ0) is 16.1. The van der Waals surface area contributed by atoms with E-state index in [1.807, 2.05) is 11.3 Å². The van der Waals surface area contributed by atoms with Crippen molar-refractivity contribution in [1.29, 1.82) is 0 Å². The van der Waals surface area contributed by atoms with E-state index in [0.29, 0.717) is 0 Å². The van der Waals surface area contributed by atoms with Crippen LogP contribution < -0.4 is 10.6 Å². The van der Waals surface area contributed by atoms with Crippen molar-refractivity contribution in [3.05, 3.63) is 21.9 Å². The van der Waals surface area contributed by atoms with Gasteiger partial charge in [0, 0.05) is 42.0 Å². The predicted molar refractivity (Wildman–Crippen MR) is 115 cm³/mol. The lowest BCUT2D eigenvalue weighted by Gasteiger charge is -2.22. The van der Waals surface area contributed by atoms with Gasteiger partial charge in [-0.25, -0.2) is 4.99 Å². The molecule has 1 aromatic heterocycles. The summed E-state index contributed by atoms with van der Waals surface area (Å²) >= 11 is 1.83. The molecule has 0 saturated heterocycles. The minimum absolute atomic E-state index is 0. The number of halogens is 1. The average molecular weight is 462 g/mol. The second kappa shape index (κ2) is 9.97. The normalized spacial score (nSPS) is 17.7. The van der Waals surface area contributed by atoms with E-state index in [0.717, 1.165) is 44.1 Å². The molecule has 2 N–H and O–H groups in total. The van der Waals surface area contributed by atoms with E-state index in [1.165, 1.54) is 42.0 Å². The molecule has 0 aliphatic heterocycles. The number of nitrogens with zero attached hydrogens (tertiary/aromatic N) is 2. The van der Waals surface area contributed by atoms with Crippen LogP contribution in [0.4, 0.5) is 0 Å². The van der Waals surface area contributed by atoms with Gasteiger partial charge in [0.2, 0.25) is 0 Å². The molecule has 1 aromatic rings. The highest BCUT2D eigenvalue weighted by atomic mass is 127. The smallest absolute Gasteiger partial charge is 0.191 e. The molecule has 1 heterocycles. The lowest BCUT2D eigenvalue weighted by molar-refractivity contribution is 0.256. The highest BCUT2D eigenvalue weighted by Crippen LogP contribution is 2.34. The molecule has 136 valence electrons. The first-order valence-corrected chi connectivity index (χ1v) is 9.87. The van der Waals surface area contributed by atoms with Crippen molar-refractivity contribution in [2.75, 3.05) is 26.2 Å². The topological polar surface area (TPSA) is 39.7 Å². The molecule has 4 nitrogen and oxygen atoms in total. The molecule has 2 aliphatic rings. The van der Waals surface area contributed by atoms with Gasteiger partial charge in [-0.1, -0.05) is 0 Å². The molecule has 2 fully saturated rings. The van der Waals surface area contributed by atoms with Crippen LogP contribution in [-0.4, -0.2) is 43.1 Å². The van der Waals surface area contributed by atoms with Gasteiger partial charge in [0.1, 0.15) is 0 Å². The summed E-state index contributed by atoms with van der Waals surface area (Å²) < 4.78 is 0. The lowest BCUT2D eigenvalue weighted by Crippen LogP contribution is -2.42. The molecule has 24 heavy (non-hydrogen) atoms. The molecule has 0 aromatic carbocycles. The number of aliphatic imine (C=N–C) groups is 1. The second-order valence-corrected chi connectivity index (χ2v) is 8.18. The summed E-state index contributed by atoms with van der Waals surface area (Å²) in [7, 11) is 0. The summed E-state index contributed by atoms with van der Waals surface area (Å²) in [4.78, 5) is 10.1. The average Bonchev–Trinajstić information content (AvgIpc) is 3.43. The Kier molecular flexibility index (Phi) is 8.30. The van der Waals surface area contributed by atoms with E-state index in [2.05, 4.69) is 41.5 Å². The Morgan fingerprint density at radius 2 is 2.04 bits per heavy atom. The maximum Gasteiger partial charge on any atom is 0.191 e. The zero-order valence-electron chi connectivity index (χ0n) is 14.9. The highest BCUT2D eigenvalue weighted by molar-refractivity contribution is 14.0. The summed E-state index contributed by atoms with van der Waals surface area (Å²) in [5.74, 6) is 1.93. The molecule has 6 heteroatoms. The first kappa shape index (κ1) is 20.0. The SMILES string of the molecule is CCNC(=NCc1ccc(C)s1)NCCN(CC1CC1)C1CC1.I. The number of hydrogen-bond donors (Lipinski definition) is 2. The quantitative estimate of drug-likeness (QED) is 0.335. The zero-order valence-corrected chi connectivity index (χ0v) is 18.0. The number of rotatable bonds is 9. The molecule has 2 aliphatic carbocycles. The Morgan fingerprint density at radius 1 is 1.25 bits per heavy atom. The lowest BCUT2D eigenvalue weighted by atomic mass is 10.3. The molecule has 0 atom stereocenters. The van der Waals surface area contributed by atoms with Crippen molar-refractivity contribution in [3.8, 4) is 0 Å². The summed E-state index contributed by atoms with van der Waals surface area (Å²) in [6.45, 7) is 9.38. The van der Waals surface area contributed by atoms with E-state index in [-0.39, 0.29) is 24.0 Å². The number of aryl methyl sites for hydroxylation is 1. The molecule has 0 amide bonds. The summed E-state index contributed by atoms with van der Waals surface area (Å²) in [6.07, 6.45) is 5.69. The van der Waals surface area contributed by atoms with Gasteiger partial charge in [0.15, 0.2) is 5.96 Å². The third-order valence-electron chi connectivity index (χ3n) is 4.48. The van der Waals surface area contributed by atoms with Crippen molar-refractivity contribution in [2.24, 2.45) is 10.9 Å². The minimum atomic E-state index is 0. The first-order chi connectivity index (χ1) is 11.2. The van der Waals surface area contributed by atoms with Crippen LogP contribution in [0.15, 0.2) is 17.1 Å². The number of thiophene rings is 1. The third-order valence-corrected chi connectivity index (χ3v) is 5.46. The van der Waals surface area contributed by atoms with Crippen molar-refractivity contribution < 1.29 is 0 Å². The van der Waals surface area contributed by atoms with Crippen LogP contribution in [0.2, 0.25) is 0 Å². The van der Waals surface area contributed by atoms with Crippen LogP contribution in [0.25, 0.3) is 0 Å². The van der Waals surface area contributed by atoms with Gasteiger partial charge in [0.05, 0.1) is 6.54 Å². The molecule has 0 bridgehead atoms. The number of nitrogens with one attached hydrogen (secondary N) is 2. The van der Waals surface area contributed by atoms with Crippen molar-refractivity contribution in [3.63, 3.8) is 0 Å². The van der Waals surface area contributed by atoms with Crippen molar-refractivity contribution in [1.82, 2.24) is 15.5 Å². The van der Waals surface area contributed by atoms with Crippen LogP contribution in [0.5, 0.6) is 0 Å². The fourth-order valence-electron chi connectivity index (χ4n) is 2.88. The van der Waals surface area contributed by atoms with Gasteiger partial charge in [-0.2, -0.15) is 0 Å². The van der Waals surface area contributed by atoms with Crippen molar-refractivity contribution in [2.45, 2.75) is 52.1 Å². The van der Waals surface area contributed by atoms with E-state index >= 15 is 0 Å². The summed E-state index contributed by atoms with van der Waals surface area (Å²) in [5.41, 5.74) is 0. The predicted octanol–water partition coefficient (Wildman–Crippen LogP) is 3.60. The molecule has 0 unspecified atom stereocenters. The Hall–Kier alpha value is -0.340. The van der Waals surface area contributed by atoms with Crippen LogP contribution in [0.3, 0.4) is 0 Å². The standard InChI is InChI=1S/C18H30N4S.HI/c1-3-19-18(21-12-17-9-4-14(2)23-17)20-10-11-22(16-7-8-16)13-15-5-6-15;/h4,9,15-16H,3,5-8,10-13H2,1-2H3,(H2,19,20,21);1H. The van der Waals surface area contributed by atoms with Gasteiger partial charge in [-0.15, -0.1) is 35.3 Å². The molecule has 2 saturated carbocycles. The Morgan fingerprint density at radius 3 is 2.62 bits per heavy atom. The van der Waals surface area contributed by atoms with Gasteiger partial charge in [0.25, 0.3) is 0 Å². The van der Waals surface area contributed by atoms with E-state index in [4.69, 9.17) is 4.99 Å². The van der Waals surface area contributed by atoms with Crippen LogP contribution in [-0.2, 0) is 6.54 Å². The maximum absolute atomic E-state index is 4.71. The van der Waals surface area contributed by atoms with Gasteiger partial charge >= 0.3 is 0 Å². The van der Waals surface area contributed by atoms with Crippen molar-refractivity contribution >= 4 is 41.3 Å². The Bertz CT molecular complexity index is 523. The monoisotopic (exact) mass is 462 g/mol. The minimum Gasteiger partial charge on any atom is -0.357 e. The Labute approximate surface area is 167 Å². The van der Waals surface area contributed by atoms with Gasteiger partial charge in [-0.05, 0) is 57.6 Å². The highest BCUT2D eigenvalue weighted by Gasteiger charge is 2.33. The Balaban J connectivity index is 0.00000208.